The van der Waals surface area contributed by atoms with E-state index < -0.39 is 5.97 Å². The molecule has 1 fully saturated rings. The Kier molecular flexibility index (Phi) is 5.65. The molecule has 1 aromatic rings. The van der Waals surface area contributed by atoms with Crippen LogP contribution in [0.5, 0.6) is 0 Å². The van der Waals surface area contributed by atoms with Crippen molar-refractivity contribution in [1.29, 1.82) is 0 Å². The van der Waals surface area contributed by atoms with E-state index >= 15 is 0 Å². The van der Waals surface area contributed by atoms with Crippen molar-refractivity contribution < 1.29 is 24.2 Å². The first-order valence-electron chi connectivity index (χ1n) is 8.84. The van der Waals surface area contributed by atoms with Crippen molar-refractivity contribution in [2.75, 3.05) is 38.1 Å². The number of anilines is 1. The molecule has 0 unspecified atom stereocenters. The molecule has 3 amide bonds. The second-order valence-corrected chi connectivity index (χ2v) is 7.41. The number of aryl methyl sites for hydroxylation is 1. The maximum atomic E-state index is 12.5. The molecule has 1 aliphatic carbocycles. The summed E-state index contributed by atoms with van der Waals surface area (Å²) < 4.78 is 4.96. The molecular weight excluding hydrogens is 358 g/mol. The maximum absolute atomic E-state index is 12.5. The highest BCUT2D eigenvalue weighted by Gasteiger charge is 2.27. The van der Waals surface area contributed by atoms with Gasteiger partial charge in [0.1, 0.15) is 5.00 Å². The van der Waals surface area contributed by atoms with E-state index in [4.69, 9.17) is 4.74 Å². The van der Waals surface area contributed by atoms with Crippen LogP contribution in [0.25, 0.3) is 0 Å². The van der Waals surface area contributed by atoms with Crippen LogP contribution in [-0.2, 0) is 17.6 Å². The molecule has 0 saturated carbocycles. The average molecular weight is 380 g/mol. The number of aromatic carboxylic acids is 1. The number of carboxylic acids is 1. The third-order valence-electron chi connectivity index (χ3n) is 4.69. The lowest BCUT2D eigenvalue weighted by Crippen LogP contribution is -2.51. The molecule has 142 valence electrons. The fourth-order valence-electron chi connectivity index (χ4n) is 3.35. The molecule has 1 aliphatic heterocycles. The summed E-state index contributed by atoms with van der Waals surface area (Å²) in [6.45, 7) is 3.58. The van der Waals surface area contributed by atoms with E-state index in [1.165, 1.54) is 11.3 Å². The molecule has 26 heavy (non-hydrogen) atoms. The van der Waals surface area contributed by atoms with Crippen molar-refractivity contribution in [2.24, 2.45) is 0 Å². The number of carbonyl (C=O) groups is 3. The van der Waals surface area contributed by atoms with Gasteiger partial charge in [-0.1, -0.05) is 0 Å². The standard InChI is InChI=1S/C17H23N3O5S/c1-2-25-17(24)20-9-7-19(8-10-20)16(23)18-14-13(15(21)22)11-5-3-4-6-12(11)26-14/h2-10H2,1H3,(H,18,23)(H,21,22)/p-1. The number of rotatable bonds is 3. The second-order valence-electron chi connectivity index (χ2n) is 6.31. The molecule has 0 bridgehead atoms. The van der Waals surface area contributed by atoms with E-state index in [9.17, 15) is 19.5 Å². The molecule has 9 heteroatoms. The maximum Gasteiger partial charge on any atom is 0.409 e. The molecule has 8 nitrogen and oxygen atoms in total. The predicted molar refractivity (Wildman–Crippen MR) is 94.5 cm³/mol. The lowest BCUT2D eigenvalue weighted by atomic mass is 9.95. The van der Waals surface area contributed by atoms with E-state index in [1.54, 1.807) is 16.7 Å². The number of carbonyl (C=O) groups excluding carboxylic acids is 3. The van der Waals surface area contributed by atoms with Gasteiger partial charge in [-0.2, -0.15) is 0 Å². The van der Waals surface area contributed by atoms with Crippen LogP contribution < -0.4 is 10.4 Å². The topological polar surface area (TPSA) is 102 Å². The predicted octanol–water partition coefficient (Wildman–Crippen LogP) is 1.30. The number of thiophene rings is 1. The van der Waals surface area contributed by atoms with Crippen molar-refractivity contribution >= 4 is 34.4 Å². The number of carboxylic acid groups (broad SMARTS) is 1. The molecule has 0 spiro atoms. The molecule has 0 aromatic carbocycles. The molecule has 0 radical (unpaired) electrons. The number of nitrogens with zero attached hydrogens (tertiary/aromatic N) is 2. The summed E-state index contributed by atoms with van der Waals surface area (Å²) in [5, 5.41) is 14.7. The Bertz CT molecular complexity index is 709. The molecule has 2 heterocycles. The monoisotopic (exact) mass is 380 g/mol. The van der Waals surface area contributed by atoms with Gasteiger partial charge < -0.3 is 24.4 Å². The third kappa shape index (κ3) is 3.77. The smallest absolute Gasteiger partial charge is 0.409 e. The van der Waals surface area contributed by atoms with Gasteiger partial charge in [-0.05, 0) is 38.2 Å². The first kappa shape index (κ1) is 18.5. The van der Waals surface area contributed by atoms with Crippen molar-refractivity contribution in [3.63, 3.8) is 0 Å². The van der Waals surface area contributed by atoms with Gasteiger partial charge in [-0.15, -0.1) is 11.3 Å². The van der Waals surface area contributed by atoms with Gasteiger partial charge in [0.25, 0.3) is 0 Å². The van der Waals surface area contributed by atoms with Gasteiger partial charge in [0, 0.05) is 36.6 Å². The minimum absolute atomic E-state index is 0.128. The van der Waals surface area contributed by atoms with Gasteiger partial charge in [-0.3, -0.25) is 5.32 Å². The van der Waals surface area contributed by atoms with Crippen LogP contribution in [0.1, 0.15) is 40.6 Å². The number of amides is 3. The summed E-state index contributed by atoms with van der Waals surface area (Å²) in [5.74, 6) is -1.24. The fraction of sp³-hybridized carbons (Fsp3) is 0.588. The van der Waals surface area contributed by atoms with Crippen LogP contribution in [0.3, 0.4) is 0 Å². The number of hydrogen-bond donors (Lipinski definition) is 1. The average Bonchev–Trinajstić information content (AvgIpc) is 3.00. The first-order chi connectivity index (χ1) is 12.5. The van der Waals surface area contributed by atoms with Crippen molar-refractivity contribution in [3.05, 3.63) is 16.0 Å². The summed E-state index contributed by atoms with van der Waals surface area (Å²) in [4.78, 5) is 40.0. The number of urea groups is 1. The van der Waals surface area contributed by atoms with Crippen LogP contribution in [0.4, 0.5) is 14.6 Å². The van der Waals surface area contributed by atoms with E-state index in [1.807, 2.05) is 0 Å². The normalized spacial score (nSPS) is 16.8. The van der Waals surface area contributed by atoms with Gasteiger partial charge in [-0.25, -0.2) is 9.59 Å². The van der Waals surface area contributed by atoms with Crippen LogP contribution in [0, 0.1) is 0 Å². The van der Waals surface area contributed by atoms with Gasteiger partial charge in [0.05, 0.1) is 12.6 Å². The lowest BCUT2D eigenvalue weighted by Gasteiger charge is -2.33. The number of nitrogens with one attached hydrogen (secondary N) is 1. The summed E-state index contributed by atoms with van der Waals surface area (Å²) in [6.07, 6.45) is 3.16. The highest BCUT2D eigenvalue weighted by molar-refractivity contribution is 7.17. The minimum atomic E-state index is -1.24. The molecule has 0 atom stereocenters. The minimum Gasteiger partial charge on any atom is -0.545 e. The zero-order chi connectivity index (χ0) is 18.7. The Hall–Kier alpha value is -2.29. The van der Waals surface area contributed by atoms with E-state index in [0.29, 0.717) is 44.2 Å². The lowest BCUT2D eigenvalue weighted by molar-refractivity contribution is -0.254. The fourth-order valence-corrected chi connectivity index (χ4v) is 4.62. The van der Waals surface area contributed by atoms with E-state index in [-0.39, 0.29) is 17.7 Å². The zero-order valence-corrected chi connectivity index (χ0v) is 15.5. The Labute approximate surface area is 155 Å². The van der Waals surface area contributed by atoms with Crippen molar-refractivity contribution in [3.8, 4) is 0 Å². The molecule has 1 aromatic heterocycles. The van der Waals surface area contributed by atoms with E-state index in [0.717, 1.165) is 29.7 Å². The van der Waals surface area contributed by atoms with Crippen molar-refractivity contribution in [1.82, 2.24) is 9.80 Å². The highest BCUT2D eigenvalue weighted by Crippen LogP contribution is 2.37. The Morgan fingerprint density at radius 1 is 1.12 bits per heavy atom. The van der Waals surface area contributed by atoms with Crippen LogP contribution in [0.2, 0.25) is 0 Å². The van der Waals surface area contributed by atoms with Crippen LogP contribution >= 0.6 is 11.3 Å². The summed E-state index contributed by atoms with van der Waals surface area (Å²) in [5.41, 5.74) is 0.937. The Morgan fingerprint density at radius 2 is 1.77 bits per heavy atom. The summed E-state index contributed by atoms with van der Waals surface area (Å²) in [7, 11) is 0. The van der Waals surface area contributed by atoms with Gasteiger partial charge in [0.15, 0.2) is 0 Å². The highest BCUT2D eigenvalue weighted by atomic mass is 32.1. The SMILES string of the molecule is CCOC(=O)N1CCN(C(=O)Nc2sc3c(c2C(=O)[O-])CCCC3)CC1. The molecule has 3 rings (SSSR count). The van der Waals surface area contributed by atoms with Crippen molar-refractivity contribution in [2.45, 2.75) is 32.6 Å². The third-order valence-corrected chi connectivity index (χ3v) is 5.90. The number of ether oxygens (including phenoxy) is 1. The second kappa shape index (κ2) is 7.94. The van der Waals surface area contributed by atoms with Gasteiger partial charge in [0.2, 0.25) is 0 Å². The van der Waals surface area contributed by atoms with Gasteiger partial charge >= 0.3 is 12.1 Å². The summed E-state index contributed by atoms with van der Waals surface area (Å²) >= 11 is 1.33. The largest absolute Gasteiger partial charge is 0.545 e. The molecule has 1 saturated heterocycles. The van der Waals surface area contributed by atoms with Crippen LogP contribution in [0.15, 0.2) is 0 Å². The summed E-state index contributed by atoms with van der Waals surface area (Å²) in [6, 6.07) is -0.352. The molecule has 1 N–H and O–H groups in total. The number of fused-ring (bicyclic) bond motifs is 1. The molecule has 2 aliphatic rings. The molecular formula is C17H22N3O5S-. The first-order valence-corrected chi connectivity index (χ1v) is 9.66. The van der Waals surface area contributed by atoms with Crippen LogP contribution in [-0.4, -0.2) is 60.7 Å². The quantitative estimate of drug-likeness (QED) is 0.851. The zero-order valence-electron chi connectivity index (χ0n) is 14.7. The number of hydrogen-bond acceptors (Lipinski definition) is 6. The Morgan fingerprint density at radius 3 is 2.42 bits per heavy atom. The number of piperazine rings is 1. The van der Waals surface area contributed by atoms with E-state index in [2.05, 4.69) is 5.32 Å². The Balaban J connectivity index is 1.65.